The monoisotopic (exact) mass is 416 g/mol. The highest BCUT2D eigenvalue weighted by Gasteiger charge is 2.28. The fraction of sp³-hybridized carbons (Fsp3) is 0.565. The maximum Gasteiger partial charge on any atom is 0.286 e. The molecule has 1 saturated heterocycles. The van der Waals surface area contributed by atoms with E-state index < -0.39 is 6.29 Å². The zero-order chi connectivity index (χ0) is 21.2. The first-order valence-electron chi connectivity index (χ1n) is 10.9. The second kappa shape index (κ2) is 11.7. The van der Waals surface area contributed by atoms with Gasteiger partial charge >= 0.3 is 0 Å². The number of hydrogen-bond donors (Lipinski definition) is 2. The van der Waals surface area contributed by atoms with Crippen LogP contribution in [-0.4, -0.2) is 61.0 Å². The smallest absolute Gasteiger partial charge is 0.286 e. The van der Waals surface area contributed by atoms with Crippen LogP contribution in [0.15, 0.2) is 42.2 Å². The van der Waals surface area contributed by atoms with E-state index in [-0.39, 0.29) is 30.1 Å². The van der Waals surface area contributed by atoms with E-state index in [0.717, 1.165) is 24.9 Å². The molecular weight excluding hydrogens is 384 g/mol. The summed E-state index contributed by atoms with van der Waals surface area (Å²) in [4.78, 5) is 26.2. The lowest BCUT2D eigenvalue weighted by Gasteiger charge is -2.29. The number of carbonyl (C=O) groups excluding carboxylic acids is 2. The van der Waals surface area contributed by atoms with Gasteiger partial charge in [-0.1, -0.05) is 30.3 Å². The Morgan fingerprint density at radius 3 is 2.80 bits per heavy atom. The summed E-state index contributed by atoms with van der Waals surface area (Å²) in [6.45, 7) is 2.59. The molecule has 2 heterocycles. The zero-order valence-corrected chi connectivity index (χ0v) is 17.4. The molecule has 0 bridgehead atoms. The van der Waals surface area contributed by atoms with Gasteiger partial charge in [0.2, 0.25) is 12.2 Å². The molecule has 2 N–H and O–H groups in total. The molecule has 7 heteroatoms. The molecule has 0 aliphatic carbocycles. The highest BCUT2D eigenvalue weighted by molar-refractivity contribution is 5.91. The van der Waals surface area contributed by atoms with Crippen molar-refractivity contribution in [3.63, 3.8) is 0 Å². The van der Waals surface area contributed by atoms with Gasteiger partial charge in [0, 0.05) is 45.0 Å². The molecule has 3 rings (SSSR count). The number of nitrogens with one attached hydrogen (secondary N) is 1. The van der Waals surface area contributed by atoms with E-state index in [1.165, 1.54) is 0 Å². The fourth-order valence-corrected chi connectivity index (χ4v) is 3.78. The van der Waals surface area contributed by atoms with Crippen LogP contribution in [-0.2, 0) is 19.1 Å². The Labute approximate surface area is 178 Å². The molecule has 0 saturated carbocycles. The number of ether oxygens (including phenoxy) is 2. The highest BCUT2D eigenvalue weighted by atomic mass is 16.7. The van der Waals surface area contributed by atoms with Gasteiger partial charge in [0.05, 0.1) is 6.61 Å². The molecule has 0 radical (unpaired) electrons. The van der Waals surface area contributed by atoms with E-state index in [4.69, 9.17) is 14.6 Å². The summed E-state index contributed by atoms with van der Waals surface area (Å²) in [5, 5.41) is 11.8. The van der Waals surface area contributed by atoms with Gasteiger partial charge in [-0.2, -0.15) is 0 Å². The van der Waals surface area contributed by atoms with Crippen LogP contribution in [0.5, 0.6) is 0 Å². The fourth-order valence-electron chi connectivity index (χ4n) is 3.78. The van der Waals surface area contributed by atoms with Crippen LogP contribution < -0.4 is 5.32 Å². The predicted octanol–water partition coefficient (Wildman–Crippen LogP) is 2.32. The number of benzene rings is 1. The lowest BCUT2D eigenvalue weighted by Crippen LogP contribution is -2.35. The summed E-state index contributed by atoms with van der Waals surface area (Å²) >= 11 is 0. The Kier molecular flexibility index (Phi) is 8.71. The summed E-state index contributed by atoms with van der Waals surface area (Å²) < 4.78 is 11.7. The zero-order valence-electron chi connectivity index (χ0n) is 17.4. The Bertz CT molecular complexity index is 722. The van der Waals surface area contributed by atoms with Crippen molar-refractivity contribution in [3.8, 4) is 0 Å². The van der Waals surface area contributed by atoms with Gasteiger partial charge in [0.1, 0.15) is 0 Å². The van der Waals surface area contributed by atoms with E-state index in [9.17, 15) is 9.59 Å². The number of carbonyl (C=O) groups is 2. The lowest BCUT2D eigenvalue weighted by atomic mass is 9.93. The van der Waals surface area contributed by atoms with E-state index in [1.807, 2.05) is 41.3 Å². The van der Waals surface area contributed by atoms with Crippen molar-refractivity contribution in [2.45, 2.75) is 50.7 Å². The topological polar surface area (TPSA) is 88.1 Å². The van der Waals surface area contributed by atoms with Crippen LogP contribution in [0.1, 0.15) is 50.0 Å². The van der Waals surface area contributed by atoms with Crippen LogP contribution in [0.4, 0.5) is 0 Å². The van der Waals surface area contributed by atoms with Crippen LogP contribution in [0, 0.1) is 0 Å². The minimum atomic E-state index is -0.498. The third kappa shape index (κ3) is 6.57. The molecule has 2 amide bonds. The minimum absolute atomic E-state index is 0.0331. The maximum atomic E-state index is 12.7. The number of aliphatic hydroxyl groups is 1. The summed E-state index contributed by atoms with van der Waals surface area (Å²) in [5.74, 6) is 0.254. The van der Waals surface area contributed by atoms with Gasteiger partial charge in [-0.05, 0) is 37.3 Å². The van der Waals surface area contributed by atoms with Crippen molar-refractivity contribution < 1.29 is 24.2 Å². The number of allylic oxidation sites excluding steroid dienone is 1. The average Bonchev–Trinajstić information content (AvgIpc) is 3.19. The Hall–Kier alpha value is -2.38. The van der Waals surface area contributed by atoms with Gasteiger partial charge in [0.25, 0.3) is 5.91 Å². The third-order valence-corrected chi connectivity index (χ3v) is 5.43. The Balaban J connectivity index is 1.54. The molecule has 0 spiro atoms. The number of unbranched alkanes of at least 4 members (excludes halogenated alkanes) is 1. The SMILES string of the molecule is O=C(NCCCN1CCCC1=O)C1=C[C@@H](c2ccccc2)C[C@@H](OCCCCO)O1. The standard InChI is InChI=1S/C23H32N2O5/c26-14-4-5-15-29-22-17-19(18-8-2-1-3-9-18)16-20(30-22)23(28)24-11-7-13-25-12-6-10-21(25)27/h1-3,8-9,16,19,22,26H,4-7,10-15,17H2,(H,24,28)/t19-,22+/m1/s1. The second-order valence-electron chi connectivity index (χ2n) is 7.73. The van der Waals surface area contributed by atoms with Crippen LogP contribution in [0.3, 0.4) is 0 Å². The molecular formula is C23H32N2O5. The summed E-state index contributed by atoms with van der Waals surface area (Å²) in [7, 11) is 0. The Morgan fingerprint density at radius 1 is 1.23 bits per heavy atom. The summed E-state index contributed by atoms with van der Waals surface area (Å²) in [5.41, 5.74) is 1.11. The van der Waals surface area contributed by atoms with Crippen molar-refractivity contribution in [1.29, 1.82) is 0 Å². The van der Waals surface area contributed by atoms with E-state index in [1.54, 1.807) is 0 Å². The summed E-state index contributed by atoms with van der Waals surface area (Å²) in [6, 6.07) is 10.0. The largest absolute Gasteiger partial charge is 0.459 e. The van der Waals surface area contributed by atoms with Crippen LogP contribution in [0.25, 0.3) is 0 Å². The van der Waals surface area contributed by atoms with Crippen molar-refractivity contribution in [3.05, 3.63) is 47.7 Å². The van der Waals surface area contributed by atoms with Gasteiger partial charge in [-0.25, -0.2) is 0 Å². The predicted molar refractivity (Wildman–Crippen MR) is 112 cm³/mol. The van der Waals surface area contributed by atoms with E-state index >= 15 is 0 Å². The number of amides is 2. The quantitative estimate of drug-likeness (QED) is 0.541. The maximum absolute atomic E-state index is 12.7. The van der Waals surface area contributed by atoms with Gasteiger partial charge in [-0.3, -0.25) is 9.59 Å². The molecule has 0 unspecified atom stereocenters. The van der Waals surface area contributed by atoms with E-state index in [2.05, 4.69) is 5.32 Å². The molecule has 2 aliphatic rings. The number of likely N-dealkylation sites (tertiary alicyclic amines) is 1. The molecule has 30 heavy (non-hydrogen) atoms. The van der Waals surface area contributed by atoms with Gasteiger partial charge in [0.15, 0.2) is 5.76 Å². The minimum Gasteiger partial charge on any atom is -0.459 e. The van der Waals surface area contributed by atoms with Crippen molar-refractivity contribution in [1.82, 2.24) is 10.2 Å². The number of hydrogen-bond acceptors (Lipinski definition) is 5. The van der Waals surface area contributed by atoms with Gasteiger partial charge < -0.3 is 24.8 Å². The molecule has 7 nitrogen and oxygen atoms in total. The molecule has 0 aromatic heterocycles. The van der Waals surface area contributed by atoms with Crippen molar-refractivity contribution >= 4 is 11.8 Å². The average molecular weight is 417 g/mol. The highest BCUT2D eigenvalue weighted by Crippen LogP contribution is 2.31. The first-order valence-corrected chi connectivity index (χ1v) is 10.9. The third-order valence-electron chi connectivity index (χ3n) is 5.43. The summed E-state index contributed by atoms with van der Waals surface area (Å²) in [6.07, 6.45) is 5.69. The van der Waals surface area contributed by atoms with Crippen molar-refractivity contribution in [2.24, 2.45) is 0 Å². The van der Waals surface area contributed by atoms with Crippen LogP contribution in [0.2, 0.25) is 0 Å². The number of aliphatic hydroxyl groups excluding tert-OH is 1. The van der Waals surface area contributed by atoms with Gasteiger partial charge in [-0.15, -0.1) is 0 Å². The van der Waals surface area contributed by atoms with Crippen LogP contribution >= 0.6 is 0 Å². The first-order chi connectivity index (χ1) is 14.7. The normalized spacial score (nSPS) is 21.3. The molecule has 1 fully saturated rings. The van der Waals surface area contributed by atoms with Crippen molar-refractivity contribution in [2.75, 3.05) is 32.8 Å². The second-order valence-corrected chi connectivity index (χ2v) is 7.73. The molecule has 1 aromatic carbocycles. The molecule has 2 aliphatic heterocycles. The van der Waals surface area contributed by atoms with E-state index in [0.29, 0.717) is 45.4 Å². The Morgan fingerprint density at radius 2 is 2.07 bits per heavy atom. The molecule has 1 aromatic rings. The molecule has 2 atom stereocenters. The first kappa shape index (κ1) is 22.3. The number of rotatable bonds is 11. The lowest BCUT2D eigenvalue weighted by molar-refractivity contribution is -0.146. The number of nitrogens with zero attached hydrogens (tertiary/aromatic N) is 1. The molecule has 164 valence electrons.